The minimum absolute atomic E-state index is 0.0891. The van der Waals surface area contributed by atoms with Gasteiger partial charge in [0.1, 0.15) is 0 Å². The Labute approximate surface area is 98.6 Å². The molecule has 1 saturated heterocycles. The van der Waals surface area contributed by atoms with Gasteiger partial charge in [-0.15, -0.1) is 0 Å². The predicted octanol–water partition coefficient (Wildman–Crippen LogP) is 1.84. The van der Waals surface area contributed by atoms with Crippen LogP contribution in [0.25, 0.3) is 0 Å². The zero-order valence-electron chi connectivity index (χ0n) is 10.2. The normalized spacial score (nSPS) is 36.9. The van der Waals surface area contributed by atoms with E-state index in [2.05, 4.69) is 5.32 Å². The maximum absolute atomic E-state index is 9.93. The van der Waals surface area contributed by atoms with Crippen LogP contribution in [0.5, 0.6) is 0 Å². The van der Waals surface area contributed by atoms with Crippen LogP contribution in [0, 0.1) is 0 Å². The van der Waals surface area contributed by atoms with Crippen molar-refractivity contribution in [2.24, 2.45) is 0 Å². The van der Waals surface area contributed by atoms with Gasteiger partial charge in [-0.1, -0.05) is 25.7 Å². The van der Waals surface area contributed by atoms with E-state index in [9.17, 15) is 5.11 Å². The predicted molar refractivity (Wildman–Crippen MR) is 64.5 cm³/mol. The van der Waals surface area contributed by atoms with Gasteiger partial charge in [0.2, 0.25) is 0 Å². The van der Waals surface area contributed by atoms with E-state index in [4.69, 9.17) is 4.74 Å². The van der Waals surface area contributed by atoms with Crippen LogP contribution in [0.3, 0.4) is 0 Å². The van der Waals surface area contributed by atoms with Gasteiger partial charge in [-0.05, 0) is 32.2 Å². The fraction of sp³-hybridized carbons (Fsp3) is 1.00. The smallest absolute Gasteiger partial charge is 0.0834 e. The van der Waals surface area contributed by atoms with Crippen LogP contribution in [0.4, 0.5) is 0 Å². The summed E-state index contributed by atoms with van der Waals surface area (Å²) in [5.74, 6) is 0. The van der Waals surface area contributed by atoms with Crippen LogP contribution in [-0.2, 0) is 4.74 Å². The monoisotopic (exact) mass is 227 g/mol. The molecule has 16 heavy (non-hydrogen) atoms. The zero-order valence-corrected chi connectivity index (χ0v) is 10.2. The lowest BCUT2D eigenvalue weighted by Crippen LogP contribution is -2.40. The van der Waals surface area contributed by atoms with Gasteiger partial charge >= 0.3 is 0 Å². The number of aliphatic hydroxyl groups excluding tert-OH is 1. The van der Waals surface area contributed by atoms with Crippen LogP contribution in [0.2, 0.25) is 0 Å². The number of ether oxygens (including phenoxy) is 1. The number of rotatable bonds is 3. The fourth-order valence-corrected chi connectivity index (χ4v) is 2.75. The number of piperidine rings is 1. The second-order valence-corrected chi connectivity index (χ2v) is 5.22. The number of nitrogens with one attached hydrogen (secondary N) is 1. The molecule has 0 aromatic rings. The molecule has 0 aromatic carbocycles. The Kier molecular flexibility index (Phi) is 5.07. The van der Waals surface area contributed by atoms with Gasteiger partial charge in [0, 0.05) is 6.04 Å². The number of hydrogen-bond donors (Lipinski definition) is 2. The number of hydrogen-bond acceptors (Lipinski definition) is 3. The minimum atomic E-state index is -0.230. The first-order chi connectivity index (χ1) is 7.86. The summed E-state index contributed by atoms with van der Waals surface area (Å²) in [7, 11) is 0. The third kappa shape index (κ3) is 3.72. The van der Waals surface area contributed by atoms with Crippen LogP contribution in [0.15, 0.2) is 0 Å². The lowest BCUT2D eigenvalue weighted by molar-refractivity contribution is -0.0487. The van der Waals surface area contributed by atoms with Crippen molar-refractivity contribution in [1.82, 2.24) is 5.32 Å². The summed E-state index contributed by atoms with van der Waals surface area (Å²) in [4.78, 5) is 0. The molecule has 3 heteroatoms. The summed E-state index contributed by atoms with van der Waals surface area (Å²) in [6.45, 7) is 1.91. The van der Waals surface area contributed by atoms with Crippen LogP contribution in [-0.4, -0.2) is 36.5 Å². The van der Waals surface area contributed by atoms with Crippen molar-refractivity contribution < 1.29 is 9.84 Å². The first kappa shape index (κ1) is 12.3. The van der Waals surface area contributed by atoms with Crippen molar-refractivity contribution in [3.63, 3.8) is 0 Å². The third-order valence-electron chi connectivity index (χ3n) is 3.84. The molecule has 0 aromatic heterocycles. The summed E-state index contributed by atoms with van der Waals surface area (Å²) < 4.78 is 5.90. The lowest BCUT2D eigenvalue weighted by atomic mass is 10.1. The lowest BCUT2D eigenvalue weighted by Gasteiger charge is -2.27. The van der Waals surface area contributed by atoms with Crippen molar-refractivity contribution in [2.45, 2.75) is 69.6 Å². The average Bonchev–Trinajstić information content (AvgIpc) is 2.53. The Balaban J connectivity index is 1.70. The molecule has 2 fully saturated rings. The van der Waals surface area contributed by atoms with Gasteiger partial charge in [-0.25, -0.2) is 0 Å². The molecular weight excluding hydrogens is 202 g/mol. The molecule has 0 spiro atoms. The molecule has 1 heterocycles. The van der Waals surface area contributed by atoms with Gasteiger partial charge in [0.15, 0.2) is 0 Å². The minimum Gasteiger partial charge on any atom is -0.390 e. The maximum Gasteiger partial charge on any atom is 0.0834 e. The highest BCUT2D eigenvalue weighted by Crippen LogP contribution is 2.21. The Bertz CT molecular complexity index is 192. The molecule has 2 rings (SSSR count). The van der Waals surface area contributed by atoms with Gasteiger partial charge in [-0.2, -0.15) is 0 Å². The van der Waals surface area contributed by atoms with Crippen LogP contribution in [0.1, 0.15) is 51.4 Å². The molecular formula is C13H25NO2. The van der Waals surface area contributed by atoms with E-state index in [-0.39, 0.29) is 12.2 Å². The SMILES string of the molecule is OC1CCCCCC1OCC1CCCCN1. The van der Waals surface area contributed by atoms with Crippen molar-refractivity contribution >= 4 is 0 Å². The van der Waals surface area contributed by atoms with E-state index in [0.717, 1.165) is 32.4 Å². The molecule has 0 bridgehead atoms. The molecule has 2 aliphatic rings. The first-order valence-corrected chi connectivity index (χ1v) is 6.89. The molecule has 3 atom stereocenters. The summed E-state index contributed by atoms with van der Waals surface area (Å²) in [5.41, 5.74) is 0. The van der Waals surface area contributed by atoms with E-state index in [0.29, 0.717) is 6.04 Å². The van der Waals surface area contributed by atoms with E-state index >= 15 is 0 Å². The molecule has 0 amide bonds. The van der Waals surface area contributed by atoms with Crippen molar-refractivity contribution in [3.05, 3.63) is 0 Å². The second-order valence-electron chi connectivity index (χ2n) is 5.22. The second kappa shape index (κ2) is 6.58. The highest BCUT2D eigenvalue weighted by atomic mass is 16.5. The molecule has 3 nitrogen and oxygen atoms in total. The molecule has 0 radical (unpaired) electrons. The highest BCUT2D eigenvalue weighted by Gasteiger charge is 2.23. The summed E-state index contributed by atoms with van der Waals surface area (Å²) in [6.07, 6.45) is 9.26. The number of aliphatic hydroxyl groups is 1. The molecule has 2 N–H and O–H groups in total. The zero-order chi connectivity index (χ0) is 11.2. The topological polar surface area (TPSA) is 41.5 Å². The van der Waals surface area contributed by atoms with E-state index in [1.54, 1.807) is 0 Å². The fourth-order valence-electron chi connectivity index (χ4n) is 2.75. The Morgan fingerprint density at radius 3 is 2.62 bits per heavy atom. The molecule has 94 valence electrons. The van der Waals surface area contributed by atoms with Crippen molar-refractivity contribution in [1.29, 1.82) is 0 Å². The van der Waals surface area contributed by atoms with Gasteiger partial charge in [-0.3, -0.25) is 0 Å². The summed E-state index contributed by atoms with van der Waals surface area (Å²) in [6, 6.07) is 0.518. The van der Waals surface area contributed by atoms with E-state index < -0.39 is 0 Å². The van der Waals surface area contributed by atoms with Gasteiger partial charge < -0.3 is 15.2 Å². The summed E-state index contributed by atoms with van der Waals surface area (Å²) >= 11 is 0. The third-order valence-corrected chi connectivity index (χ3v) is 3.84. The van der Waals surface area contributed by atoms with Crippen molar-refractivity contribution in [3.8, 4) is 0 Å². The Morgan fingerprint density at radius 2 is 1.81 bits per heavy atom. The standard InChI is InChI=1S/C13H25NO2/c15-12-7-2-1-3-8-13(12)16-10-11-6-4-5-9-14-11/h11-15H,1-10H2. The van der Waals surface area contributed by atoms with Crippen LogP contribution >= 0.6 is 0 Å². The molecule has 3 unspecified atom stereocenters. The van der Waals surface area contributed by atoms with Crippen molar-refractivity contribution in [2.75, 3.05) is 13.2 Å². The summed E-state index contributed by atoms with van der Waals surface area (Å²) in [5, 5.41) is 13.4. The van der Waals surface area contributed by atoms with E-state index in [1.165, 1.54) is 32.1 Å². The van der Waals surface area contributed by atoms with Crippen LogP contribution < -0.4 is 5.32 Å². The molecule has 1 aliphatic carbocycles. The Hall–Kier alpha value is -0.120. The van der Waals surface area contributed by atoms with Gasteiger partial charge in [0.25, 0.3) is 0 Å². The average molecular weight is 227 g/mol. The first-order valence-electron chi connectivity index (χ1n) is 6.89. The highest BCUT2D eigenvalue weighted by molar-refractivity contribution is 4.76. The maximum atomic E-state index is 9.93. The van der Waals surface area contributed by atoms with E-state index in [1.807, 2.05) is 0 Å². The molecule has 1 saturated carbocycles. The van der Waals surface area contributed by atoms with Gasteiger partial charge in [0.05, 0.1) is 18.8 Å². The largest absolute Gasteiger partial charge is 0.390 e. The Morgan fingerprint density at radius 1 is 1.00 bits per heavy atom. The quantitative estimate of drug-likeness (QED) is 0.723. The molecule has 1 aliphatic heterocycles.